The molecular weight excluding hydrogens is 224 g/mol. The van der Waals surface area contributed by atoms with Gasteiger partial charge >= 0.3 is 0 Å². The van der Waals surface area contributed by atoms with Gasteiger partial charge in [0.25, 0.3) is 0 Å². The van der Waals surface area contributed by atoms with Crippen molar-refractivity contribution >= 4 is 11.3 Å². The minimum Gasteiger partial charge on any atom is -0.379 e. The number of aromatic nitrogens is 1. The van der Waals surface area contributed by atoms with Crippen LogP contribution in [0.25, 0.3) is 0 Å². The summed E-state index contributed by atoms with van der Waals surface area (Å²) in [5, 5.41) is 2.94. The maximum atomic E-state index is 5.47. The fourth-order valence-electron chi connectivity index (χ4n) is 1.15. The van der Waals surface area contributed by atoms with E-state index in [4.69, 9.17) is 15.2 Å². The van der Waals surface area contributed by atoms with E-state index in [9.17, 15) is 0 Å². The zero-order chi connectivity index (χ0) is 11.6. The van der Waals surface area contributed by atoms with Gasteiger partial charge in [0.1, 0.15) is 5.01 Å². The van der Waals surface area contributed by atoms with E-state index in [1.54, 1.807) is 11.3 Å². The summed E-state index contributed by atoms with van der Waals surface area (Å²) in [5.41, 5.74) is 6.43. The molecule has 0 atom stereocenters. The zero-order valence-corrected chi connectivity index (χ0v) is 10.6. The van der Waals surface area contributed by atoms with Crippen molar-refractivity contribution in [2.24, 2.45) is 5.73 Å². The molecule has 0 fully saturated rings. The van der Waals surface area contributed by atoms with E-state index in [2.05, 4.69) is 11.9 Å². The summed E-state index contributed by atoms with van der Waals surface area (Å²) in [6.45, 7) is 5.32. The summed E-state index contributed by atoms with van der Waals surface area (Å²) >= 11 is 1.58. The maximum Gasteiger partial charge on any atom is 0.107 e. The average Bonchev–Trinajstić information content (AvgIpc) is 2.76. The molecule has 0 aliphatic rings. The molecule has 5 heteroatoms. The van der Waals surface area contributed by atoms with Gasteiger partial charge in [-0.15, -0.1) is 11.3 Å². The highest BCUT2D eigenvalue weighted by Gasteiger charge is 1.99. The van der Waals surface area contributed by atoms with Crippen molar-refractivity contribution in [2.75, 3.05) is 19.8 Å². The summed E-state index contributed by atoms with van der Waals surface area (Å²) in [5.74, 6) is 0. The molecule has 0 aliphatic carbocycles. The minimum absolute atomic E-state index is 0.505. The Hall–Kier alpha value is -0.490. The number of unbranched alkanes of at least 4 members (excludes halogenated alkanes) is 1. The summed E-state index contributed by atoms with van der Waals surface area (Å²) < 4.78 is 10.8. The summed E-state index contributed by atoms with van der Waals surface area (Å²) in [6.07, 6.45) is 2.29. The van der Waals surface area contributed by atoms with Gasteiger partial charge in [-0.25, -0.2) is 4.98 Å². The lowest BCUT2D eigenvalue weighted by Crippen LogP contribution is -2.05. The quantitative estimate of drug-likeness (QED) is 0.674. The Morgan fingerprint density at radius 3 is 2.81 bits per heavy atom. The molecule has 0 aromatic carbocycles. The molecule has 0 saturated carbocycles. The molecule has 1 heterocycles. The molecule has 2 N–H and O–H groups in total. The number of nitrogens with zero attached hydrogens (tertiary/aromatic N) is 1. The van der Waals surface area contributed by atoms with Crippen LogP contribution in [0.4, 0.5) is 0 Å². The molecule has 1 aromatic rings. The summed E-state index contributed by atoms with van der Waals surface area (Å²) in [6, 6.07) is 0. The highest BCUT2D eigenvalue weighted by molar-refractivity contribution is 7.09. The Morgan fingerprint density at radius 1 is 1.31 bits per heavy atom. The molecule has 0 spiro atoms. The molecule has 0 aliphatic heterocycles. The van der Waals surface area contributed by atoms with Crippen molar-refractivity contribution in [1.29, 1.82) is 0 Å². The first-order chi connectivity index (χ1) is 7.86. The van der Waals surface area contributed by atoms with Crippen LogP contribution in [0, 0.1) is 0 Å². The predicted molar refractivity (Wildman–Crippen MR) is 65.4 cm³/mol. The number of ether oxygens (including phenoxy) is 2. The lowest BCUT2D eigenvalue weighted by Gasteiger charge is -2.03. The third-order valence-electron chi connectivity index (χ3n) is 2.04. The number of thiazole rings is 1. The van der Waals surface area contributed by atoms with Gasteiger partial charge in [0.2, 0.25) is 0 Å². The van der Waals surface area contributed by atoms with Crippen LogP contribution < -0.4 is 5.73 Å². The van der Waals surface area contributed by atoms with Crippen molar-refractivity contribution in [1.82, 2.24) is 4.98 Å². The second kappa shape index (κ2) is 8.64. The molecule has 0 radical (unpaired) electrons. The topological polar surface area (TPSA) is 57.4 Å². The Balaban J connectivity index is 1.98. The van der Waals surface area contributed by atoms with Crippen LogP contribution in [-0.4, -0.2) is 24.8 Å². The average molecular weight is 244 g/mol. The number of nitrogens with two attached hydrogens (primary N) is 1. The zero-order valence-electron chi connectivity index (χ0n) is 9.78. The second-order valence-corrected chi connectivity index (χ2v) is 4.40. The lowest BCUT2D eigenvalue weighted by atomic mass is 10.4. The Bertz CT molecular complexity index is 279. The molecule has 0 amide bonds. The molecule has 0 saturated heterocycles. The van der Waals surface area contributed by atoms with E-state index in [1.165, 1.54) is 6.42 Å². The molecule has 1 rings (SSSR count). The van der Waals surface area contributed by atoms with Crippen LogP contribution >= 0.6 is 11.3 Å². The minimum atomic E-state index is 0.505. The molecule has 92 valence electrons. The number of rotatable bonds is 9. The number of hydrogen-bond acceptors (Lipinski definition) is 5. The summed E-state index contributed by atoms with van der Waals surface area (Å²) in [4.78, 5) is 4.30. The highest BCUT2D eigenvalue weighted by Crippen LogP contribution is 2.09. The lowest BCUT2D eigenvalue weighted by molar-refractivity contribution is 0.0387. The Morgan fingerprint density at radius 2 is 2.12 bits per heavy atom. The molecule has 16 heavy (non-hydrogen) atoms. The van der Waals surface area contributed by atoms with E-state index in [0.717, 1.165) is 23.7 Å². The largest absolute Gasteiger partial charge is 0.379 e. The SMILES string of the molecule is CCCCOCCOCc1csc(CN)n1. The van der Waals surface area contributed by atoms with E-state index < -0.39 is 0 Å². The summed E-state index contributed by atoms with van der Waals surface area (Å²) in [7, 11) is 0. The second-order valence-electron chi connectivity index (χ2n) is 3.46. The smallest absolute Gasteiger partial charge is 0.107 e. The van der Waals surface area contributed by atoms with Gasteiger partial charge in [0, 0.05) is 18.5 Å². The Labute approximate surface area is 101 Å². The standard InChI is InChI=1S/C11H20N2O2S/c1-2-3-4-14-5-6-15-8-10-9-16-11(7-12)13-10/h9H,2-8,12H2,1H3. The fourth-order valence-corrected chi connectivity index (χ4v) is 1.81. The first kappa shape index (κ1) is 13.6. The number of hydrogen-bond donors (Lipinski definition) is 1. The van der Waals surface area contributed by atoms with E-state index in [1.807, 2.05) is 5.38 Å². The molecule has 1 aromatic heterocycles. The van der Waals surface area contributed by atoms with E-state index in [0.29, 0.717) is 26.4 Å². The van der Waals surface area contributed by atoms with Crippen LogP contribution in [0.5, 0.6) is 0 Å². The monoisotopic (exact) mass is 244 g/mol. The van der Waals surface area contributed by atoms with Crippen LogP contribution in [-0.2, 0) is 22.6 Å². The maximum absolute atomic E-state index is 5.47. The van der Waals surface area contributed by atoms with Crippen molar-refractivity contribution < 1.29 is 9.47 Å². The van der Waals surface area contributed by atoms with Gasteiger partial charge in [0.05, 0.1) is 25.5 Å². The van der Waals surface area contributed by atoms with E-state index >= 15 is 0 Å². The van der Waals surface area contributed by atoms with Gasteiger partial charge in [-0.05, 0) is 6.42 Å². The van der Waals surface area contributed by atoms with Crippen LogP contribution in [0.3, 0.4) is 0 Å². The van der Waals surface area contributed by atoms with Crippen molar-refractivity contribution in [3.63, 3.8) is 0 Å². The van der Waals surface area contributed by atoms with Crippen molar-refractivity contribution in [3.8, 4) is 0 Å². The fraction of sp³-hybridized carbons (Fsp3) is 0.727. The molecule has 4 nitrogen and oxygen atoms in total. The molecule has 0 bridgehead atoms. The van der Waals surface area contributed by atoms with Crippen LogP contribution in [0.15, 0.2) is 5.38 Å². The normalized spacial score (nSPS) is 10.9. The third-order valence-corrected chi connectivity index (χ3v) is 2.96. The third kappa shape index (κ3) is 5.55. The van der Waals surface area contributed by atoms with Gasteiger partial charge in [-0.1, -0.05) is 13.3 Å². The molecule has 0 unspecified atom stereocenters. The van der Waals surface area contributed by atoms with Crippen molar-refractivity contribution in [2.45, 2.75) is 32.9 Å². The predicted octanol–water partition coefficient (Wildman–Crippen LogP) is 1.94. The van der Waals surface area contributed by atoms with Crippen LogP contribution in [0.1, 0.15) is 30.5 Å². The Kier molecular flexibility index (Phi) is 7.33. The molecular formula is C11H20N2O2S. The first-order valence-electron chi connectivity index (χ1n) is 5.65. The first-order valence-corrected chi connectivity index (χ1v) is 6.53. The van der Waals surface area contributed by atoms with Gasteiger partial charge < -0.3 is 15.2 Å². The van der Waals surface area contributed by atoms with Crippen LogP contribution in [0.2, 0.25) is 0 Å². The van der Waals surface area contributed by atoms with Gasteiger partial charge in [-0.3, -0.25) is 0 Å². The van der Waals surface area contributed by atoms with Gasteiger partial charge in [-0.2, -0.15) is 0 Å². The highest BCUT2D eigenvalue weighted by atomic mass is 32.1. The van der Waals surface area contributed by atoms with Crippen molar-refractivity contribution in [3.05, 3.63) is 16.1 Å². The van der Waals surface area contributed by atoms with Gasteiger partial charge in [0.15, 0.2) is 0 Å². The van der Waals surface area contributed by atoms with E-state index in [-0.39, 0.29) is 0 Å².